The Morgan fingerprint density at radius 3 is 1.73 bits per heavy atom. The first-order valence-electron chi connectivity index (χ1n) is 12.7. The molecule has 5 aliphatic rings. The normalized spacial score (nSPS) is 38.8. The second-order valence-corrected chi connectivity index (χ2v) is 10.4. The Morgan fingerprint density at radius 2 is 1.24 bits per heavy atom. The molecule has 3 saturated carbocycles. The van der Waals surface area contributed by atoms with Crippen molar-refractivity contribution in [2.24, 2.45) is 0 Å². The molecular formula is C26H36O7. The van der Waals surface area contributed by atoms with Gasteiger partial charge in [-0.2, -0.15) is 0 Å². The topological polar surface area (TPSA) is 75.6 Å². The van der Waals surface area contributed by atoms with E-state index < -0.39 is 29.9 Å². The van der Waals surface area contributed by atoms with Crippen molar-refractivity contribution in [3.8, 4) is 5.75 Å². The van der Waals surface area contributed by atoms with Crippen molar-refractivity contribution in [3.63, 3.8) is 0 Å². The van der Waals surface area contributed by atoms with Crippen LogP contribution >= 0.6 is 0 Å². The zero-order valence-corrected chi connectivity index (χ0v) is 19.4. The first-order chi connectivity index (χ1) is 16.1. The van der Waals surface area contributed by atoms with E-state index in [9.17, 15) is 5.11 Å². The molecule has 4 unspecified atom stereocenters. The fourth-order valence-electron chi connectivity index (χ4n) is 6.48. The summed E-state index contributed by atoms with van der Waals surface area (Å²) >= 11 is 0. The summed E-state index contributed by atoms with van der Waals surface area (Å²) in [5.41, 5.74) is 1.05. The number of ether oxygens (including phenoxy) is 6. The van der Waals surface area contributed by atoms with Crippen LogP contribution < -0.4 is 4.74 Å². The van der Waals surface area contributed by atoms with E-state index in [1.165, 1.54) is 12.8 Å². The zero-order valence-electron chi connectivity index (χ0n) is 19.4. The van der Waals surface area contributed by atoms with Crippen LogP contribution in [0.1, 0.15) is 69.8 Å². The lowest BCUT2D eigenvalue weighted by molar-refractivity contribution is -0.227. The van der Waals surface area contributed by atoms with Crippen LogP contribution in [0.5, 0.6) is 5.75 Å². The summed E-state index contributed by atoms with van der Waals surface area (Å²) in [6.07, 6.45) is 7.32. The number of fused-ring (bicyclic) bond motifs is 2. The van der Waals surface area contributed by atoms with Gasteiger partial charge in [0.05, 0.1) is 13.7 Å². The minimum Gasteiger partial charge on any atom is -0.497 e. The number of aliphatic hydroxyl groups excluding tert-OH is 1. The van der Waals surface area contributed by atoms with Gasteiger partial charge in [0.2, 0.25) is 0 Å². The first kappa shape index (κ1) is 22.3. The van der Waals surface area contributed by atoms with Crippen LogP contribution in [-0.2, 0) is 30.3 Å². The van der Waals surface area contributed by atoms with Crippen molar-refractivity contribution in [2.45, 2.75) is 119 Å². The van der Waals surface area contributed by atoms with Crippen LogP contribution in [0, 0.1) is 0 Å². The molecule has 2 heterocycles. The summed E-state index contributed by atoms with van der Waals surface area (Å²) in [7, 11) is 1.66. The van der Waals surface area contributed by atoms with Gasteiger partial charge >= 0.3 is 0 Å². The van der Waals surface area contributed by atoms with Gasteiger partial charge in [0.1, 0.15) is 42.4 Å². The van der Waals surface area contributed by atoms with Gasteiger partial charge in [0, 0.05) is 25.7 Å². The third-order valence-corrected chi connectivity index (χ3v) is 8.20. The van der Waals surface area contributed by atoms with E-state index >= 15 is 0 Å². The molecule has 1 N–H and O–H groups in total. The molecule has 33 heavy (non-hydrogen) atoms. The summed E-state index contributed by atoms with van der Waals surface area (Å²) in [5, 5.41) is 11.4. The molecule has 7 nitrogen and oxygen atoms in total. The molecule has 7 heteroatoms. The van der Waals surface area contributed by atoms with Gasteiger partial charge < -0.3 is 33.5 Å². The highest BCUT2D eigenvalue weighted by Gasteiger charge is 2.66. The second-order valence-electron chi connectivity index (χ2n) is 10.4. The van der Waals surface area contributed by atoms with Gasteiger partial charge in [0.25, 0.3) is 0 Å². The van der Waals surface area contributed by atoms with E-state index in [-0.39, 0.29) is 18.3 Å². The van der Waals surface area contributed by atoms with E-state index in [1.807, 2.05) is 24.3 Å². The minimum atomic E-state index is -0.788. The molecule has 0 radical (unpaired) electrons. The lowest BCUT2D eigenvalue weighted by Crippen LogP contribution is -2.62. The molecule has 5 fully saturated rings. The van der Waals surface area contributed by atoms with Crippen molar-refractivity contribution >= 4 is 0 Å². The van der Waals surface area contributed by atoms with Crippen molar-refractivity contribution in [3.05, 3.63) is 29.8 Å². The minimum absolute atomic E-state index is 0.367. The van der Waals surface area contributed by atoms with Gasteiger partial charge in [-0.25, -0.2) is 0 Å². The summed E-state index contributed by atoms with van der Waals surface area (Å²) in [4.78, 5) is 0. The first-order valence-corrected chi connectivity index (χ1v) is 12.7. The number of hydrogen-bond acceptors (Lipinski definition) is 7. The number of hydrogen-bond donors (Lipinski definition) is 1. The molecular weight excluding hydrogens is 424 g/mol. The van der Waals surface area contributed by atoms with E-state index in [2.05, 4.69) is 0 Å². The van der Waals surface area contributed by atoms with E-state index in [0.29, 0.717) is 6.61 Å². The average Bonchev–Trinajstić information content (AvgIpc) is 3.39. The fourth-order valence-corrected chi connectivity index (χ4v) is 6.48. The van der Waals surface area contributed by atoms with E-state index in [1.54, 1.807) is 7.11 Å². The molecule has 6 rings (SSSR count). The maximum Gasteiger partial charge on any atom is 0.169 e. The Bertz CT molecular complexity index is 772. The zero-order chi connectivity index (χ0) is 22.5. The number of rotatable bonds is 4. The van der Waals surface area contributed by atoms with Crippen molar-refractivity contribution in [1.82, 2.24) is 0 Å². The second kappa shape index (κ2) is 8.77. The highest BCUT2D eigenvalue weighted by atomic mass is 16.8. The third-order valence-electron chi connectivity index (χ3n) is 8.20. The standard InChI is InChI=1S/C26H36O7/c1-28-18-10-8-17(9-11-18)16-29-22-23-20(30-25(32-23)12-4-2-5-13-25)19(27)21-24(22)33-26(31-21)14-6-3-7-15-26/h8-11,19-24,27H,2-7,12-16H2,1H3. The molecule has 0 bridgehead atoms. The third kappa shape index (κ3) is 4.01. The SMILES string of the molecule is COc1ccc(COC2C3OC4(CCCCC4)OC3C(O)C3OC4(CCCCC4)OC32)cc1. The Kier molecular flexibility index (Phi) is 5.92. The van der Waals surface area contributed by atoms with Crippen molar-refractivity contribution < 1.29 is 33.5 Å². The molecule has 0 aromatic heterocycles. The van der Waals surface area contributed by atoms with Crippen LogP contribution in [-0.4, -0.2) is 60.4 Å². The predicted octanol–water partition coefficient (Wildman–Crippen LogP) is 3.84. The molecule has 2 saturated heterocycles. The van der Waals surface area contributed by atoms with Crippen LogP contribution in [0.3, 0.4) is 0 Å². The quantitative estimate of drug-likeness (QED) is 0.732. The largest absolute Gasteiger partial charge is 0.497 e. The summed E-state index contributed by atoms with van der Waals surface area (Å²) in [6, 6.07) is 7.89. The summed E-state index contributed by atoms with van der Waals surface area (Å²) in [6.45, 7) is 0.421. The molecule has 1 aromatic carbocycles. The van der Waals surface area contributed by atoms with Gasteiger partial charge in [-0.3, -0.25) is 0 Å². The number of benzene rings is 1. The van der Waals surface area contributed by atoms with Gasteiger partial charge in [-0.1, -0.05) is 25.0 Å². The molecule has 2 aliphatic heterocycles. The van der Waals surface area contributed by atoms with Gasteiger partial charge in [0.15, 0.2) is 11.6 Å². The molecule has 2 spiro atoms. The Labute approximate surface area is 195 Å². The van der Waals surface area contributed by atoms with Crippen molar-refractivity contribution in [2.75, 3.05) is 7.11 Å². The molecule has 0 amide bonds. The van der Waals surface area contributed by atoms with Crippen LogP contribution in [0.25, 0.3) is 0 Å². The van der Waals surface area contributed by atoms with Crippen LogP contribution in [0.4, 0.5) is 0 Å². The molecule has 4 atom stereocenters. The summed E-state index contributed by atoms with van der Waals surface area (Å²) < 4.78 is 38.0. The smallest absolute Gasteiger partial charge is 0.169 e. The highest BCUT2D eigenvalue weighted by molar-refractivity contribution is 5.26. The maximum atomic E-state index is 11.4. The average molecular weight is 461 g/mol. The highest BCUT2D eigenvalue weighted by Crippen LogP contribution is 2.51. The monoisotopic (exact) mass is 460 g/mol. The number of methoxy groups -OCH3 is 1. The molecule has 1 aromatic rings. The van der Waals surface area contributed by atoms with Crippen LogP contribution in [0.2, 0.25) is 0 Å². The lowest BCUT2D eigenvalue weighted by atomic mass is 9.85. The fraction of sp³-hybridized carbons (Fsp3) is 0.769. The summed E-state index contributed by atoms with van der Waals surface area (Å²) in [5.74, 6) is -0.410. The Morgan fingerprint density at radius 1 is 0.758 bits per heavy atom. The van der Waals surface area contributed by atoms with Crippen molar-refractivity contribution in [1.29, 1.82) is 0 Å². The lowest BCUT2D eigenvalue weighted by Gasteiger charge is -2.40. The Balaban J connectivity index is 1.26. The molecule has 3 aliphatic carbocycles. The number of aliphatic hydroxyl groups is 1. The Hall–Kier alpha value is -1.22. The predicted molar refractivity (Wildman–Crippen MR) is 119 cm³/mol. The van der Waals surface area contributed by atoms with Gasteiger partial charge in [-0.15, -0.1) is 0 Å². The molecule has 182 valence electrons. The van der Waals surface area contributed by atoms with E-state index in [0.717, 1.165) is 62.7 Å². The van der Waals surface area contributed by atoms with E-state index in [4.69, 9.17) is 28.4 Å². The maximum absolute atomic E-state index is 11.4. The van der Waals surface area contributed by atoms with Gasteiger partial charge in [-0.05, 0) is 43.4 Å². The van der Waals surface area contributed by atoms with Crippen LogP contribution in [0.15, 0.2) is 24.3 Å².